The average Bonchev–Trinajstić information content (AvgIpc) is 3.07. The maximum Gasteiger partial charge on any atom is 0.144 e. The first-order valence-electron chi connectivity index (χ1n) is 6.36. The fourth-order valence-electron chi connectivity index (χ4n) is 2.41. The van der Waals surface area contributed by atoms with E-state index in [1.165, 1.54) is 0 Å². The Morgan fingerprint density at radius 3 is 3.00 bits per heavy atom. The topological polar surface area (TPSA) is 62.3 Å². The van der Waals surface area contributed by atoms with E-state index in [-0.39, 0.29) is 0 Å². The van der Waals surface area contributed by atoms with Crippen LogP contribution in [0.2, 0.25) is 0 Å². The highest BCUT2D eigenvalue weighted by Crippen LogP contribution is 2.30. The van der Waals surface area contributed by atoms with Gasteiger partial charge in [-0.15, -0.1) is 0 Å². The number of nitrogen functional groups attached to an aromatic ring is 1. The quantitative estimate of drug-likeness (QED) is 0.915. The summed E-state index contributed by atoms with van der Waals surface area (Å²) in [5.74, 6) is 1.08. The summed E-state index contributed by atoms with van der Waals surface area (Å²) in [5.41, 5.74) is 8.59. The second kappa shape index (κ2) is 4.93. The van der Waals surface area contributed by atoms with Crippen LogP contribution in [0.1, 0.15) is 18.0 Å². The molecule has 1 aromatic heterocycles. The minimum Gasteiger partial charge on any atom is -0.494 e. The highest BCUT2D eigenvalue weighted by Gasteiger charge is 2.23. The summed E-state index contributed by atoms with van der Waals surface area (Å²) in [5, 5.41) is 4.60. The summed E-state index contributed by atoms with van der Waals surface area (Å²) in [6.07, 6.45) is 2.82. The Morgan fingerprint density at radius 2 is 2.26 bits per heavy atom. The Bertz CT molecular complexity index is 574. The maximum atomic E-state index is 6.07. The zero-order valence-corrected chi connectivity index (χ0v) is 10.9. The molecule has 2 N–H and O–H groups in total. The largest absolute Gasteiger partial charge is 0.494 e. The number of methoxy groups -OCH3 is 1. The van der Waals surface area contributed by atoms with Gasteiger partial charge in [0.05, 0.1) is 31.3 Å². The number of nitrogens with zero attached hydrogens (tertiary/aromatic N) is 2. The molecule has 19 heavy (non-hydrogen) atoms. The smallest absolute Gasteiger partial charge is 0.144 e. The number of hydrogen-bond donors (Lipinski definition) is 1. The van der Waals surface area contributed by atoms with Crippen molar-refractivity contribution >= 4 is 5.69 Å². The summed E-state index contributed by atoms with van der Waals surface area (Å²) in [7, 11) is 1.65. The molecule has 1 fully saturated rings. The van der Waals surface area contributed by atoms with E-state index in [0.29, 0.717) is 18.2 Å². The molecule has 5 heteroatoms. The molecule has 0 radical (unpaired) electrons. The van der Waals surface area contributed by atoms with Crippen LogP contribution in [0.5, 0.6) is 5.75 Å². The first-order chi connectivity index (χ1) is 9.29. The van der Waals surface area contributed by atoms with Gasteiger partial charge in [0.2, 0.25) is 0 Å². The van der Waals surface area contributed by atoms with Gasteiger partial charge in [-0.05, 0) is 18.6 Å². The number of hydrogen-bond acceptors (Lipinski definition) is 4. The lowest BCUT2D eigenvalue weighted by molar-refractivity contribution is 0.193. The number of benzene rings is 1. The Kier molecular flexibility index (Phi) is 3.13. The second-order valence-electron chi connectivity index (χ2n) is 4.65. The van der Waals surface area contributed by atoms with Crippen LogP contribution in [-0.2, 0) is 4.74 Å². The SMILES string of the molecule is COc1ccccc1-n1cc(N)c(C2CCOC2)n1. The lowest BCUT2D eigenvalue weighted by Crippen LogP contribution is -2.03. The van der Waals surface area contributed by atoms with Crippen molar-refractivity contribution in [1.29, 1.82) is 0 Å². The molecule has 1 aliphatic heterocycles. The van der Waals surface area contributed by atoms with Gasteiger partial charge in [0, 0.05) is 12.5 Å². The van der Waals surface area contributed by atoms with E-state index >= 15 is 0 Å². The monoisotopic (exact) mass is 259 g/mol. The molecule has 0 amide bonds. The molecular formula is C14H17N3O2. The van der Waals surface area contributed by atoms with Crippen molar-refractivity contribution in [3.8, 4) is 11.4 Å². The van der Waals surface area contributed by atoms with Gasteiger partial charge < -0.3 is 15.2 Å². The first kappa shape index (κ1) is 12.0. The molecule has 1 aliphatic rings. The van der Waals surface area contributed by atoms with Crippen LogP contribution in [0.3, 0.4) is 0 Å². The minimum absolute atomic E-state index is 0.302. The molecule has 2 aromatic rings. The fraction of sp³-hybridized carbons (Fsp3) is 0.357. The molecule has 3 rings (SSSR count). The highest BCUT2D eigenvalue weighted by molar-refractivity contribution is 5.51. The Balaban J connectivity index is 1.99. The molecule has 1 unspecified atom stereocenters. The maximum absolute atomic E-state index is 6.07. The summed E-state index contributed by atoms with van der Waals surface area (Å²) in [4.78, 5) is 0. The highest BCUT2D eigenvalue weighted by atomic mass is 16.5. The van der Waals surface area contributed by atoms with E-state index in [9.17, 15) is 0 Å². The molecule has 1 atom stereocenters. The molecular weight excluding hydrogens is 242 g/mol. The molecule has 0 aliphatic carbocycles. The van der Waals surface area contributed by atoms with E-state index in [1.807, 2.05) is 30.5 Å². The lowest BCUT2D eigenvalue weighted by Gasteiger charge is -2.08. The van der Waals surface area contributed by atoms with E-state index < -0.39 is 0 Å². The van der Waals surface area contributed by atoms with Crippen molar-refractivity contribution in [2.75, 3.05) is 26.1 Å². The first-order valence-corrected chi connectivity index (χ1v) is 6.36. The molecule has 1 aromatic carbocycles. The van der Waals surface area contributed by atoms with Crippen LogP contribution in [-0.4, -0.2) is 30.1 Å². The Hall–Kier alpha value is -2.01. The third-order valence-electron chi connectivity index (χ3n) is 3.42. The van der Waals surface area contributed by atoms with Gasteiger partial charge in [0.1, 0.15) is 11.4 Å². The van der Waals surface area contributed by atoms with E-state index in [4.69, 9.17) is 15.2 Å². The number of rotatable bonds is 3. The normalized spacial score (nSPS) is 18.7. The van der Waals surface area contributed by atoms with Crippen molar-refractivity contribution in [3.05, 3.63) is 36.2 Å². The van der Waals surface area contributed by atoms with Crippen LogP contribution in [0.25, 0.3) is 5.69 Å². The van der Waals surface area contributed by atoms with Crippen molar-refractivity contribution < 1.29 is 9.47 Å². The Labute approximate surface area is 111 Å². The van der Waals surface area contributed by atoms with Gasteiger partial charge in [-0.25, -0.2) is 4.68 Å². The second-order valence-corrected chi connectivity index (χ2v) is 4.65. The van der Waals surface area contributed by atoms with Gasteiger partial charge in [0.15, 0.2) is 0 Å². The molecule has 5 nitrogen and oxygen atoms in total. The Morgan fingerprint density at radius 1 is 1.42 bits per heavy atom. The minimum atomic E-state index is 0.302. The van der Waals surface area contributed by atoms with Crippen LogP contribution >= 0.6 is 0 Å². The van der Waals surface area contributed by atoms with Gasteiger partial charge in [-0.3, -0.25) is 0 Å². The number of nitrogens with two attached hydrogens (primary N) is 1. The van der Waals surface area contributed by atoms with Crippen LogP contribution in [0.4, 0.5) is 5.69 Å². The molecule has 0 bridgehead atoms. The predicted molar refractivity (Wildman–Crippen MR) is 72.7 cm³/mol. The standard InChI is InChI=1S/C14H17N3O2/c1-18-13-5-3-2-4-12(13)17-8-11(15)14(16-17)10-6-7-19-9-10/h2-5,8,10H,6-7,9,15H2,1H3. The molecule has 1 saturated heterocycles. The van der Waals surface area contributed by atoms with Crippen molar-refractivity contribution in [1.82, 2.24) is 9.78 Å². The molecule has 2 heterocycles. The number of para-hydroxylation sites is 2. The fourth-order valence-corrected chi connectivity index (χ4v) is 2.41. The predicted octanol–water partition coefficient (Wildman–Crippen LogP) is 1.97. The number of aromatic nitrogens is 2. The summed E-state index contributed by atoms with van der Waals surface area (Å²) >= 11 is 0. The van der Waals surface area contributed by atoms with Crippen molar-refractivity contribution in [2.45, 2.75) is 12.3 Å². The van der Waals surface area contributed by atoms with Crippen LogP contribution in [0, 0.1) is 0 Å². The zero-order chi connectivity index (χ0) is 13.2. The zero-order valence-electron chi connectivity index (χ0n) is 10.9. The van der Waals surface area contributed by atoms with Gasteiger partial charge in [-0.2, -0.15) is 5.10 Å². The molecule has 0 saturated carbocycles. The third kappa shape index (κ3) is 2.17. The van der Waals surface area contributed by atoms with Crippen LogP contribution in [0.15, 0.2) is 30.5 Å². The summed E-state index contributed by atoms with van der Waals surface area (Å²) < 4.78 is 12.5. The number of ether oxygens (including phenoxy) is 2. The van der Waals surface area contributed by atoms with Crippen molar-refractivity contribution in [3.63, 3.8) is 0 Å². The van der Waals surface area contributed by atoms with E-state index in [0.717, 1.165) is 30.2 Å². The average molecular weight is 259 g/mol. The molecule has 100 valence electrons. The van der Waals surface area contributed by atoms with Crippen LogP contribution < -0.4 is 10.5 Å². The third-order valence-corrected chi connectivity index (χ3v) is 3.42. The summed E-state index contributed by atoms with van der Waals surface area (Å²) in [6.45, 7) is 1.48. The number of anilines is 1. The summed E-state index contributed by atoms with van der Waals surface area (Å²) in [6, 6.07) is 7.75. The molecule has 0 spiro atoms. The van der Waals surface area contributed by atoms with Gasteiger partial charge in [-0.1, -0.05) is 12.1 Å². The van der Waals surface area contributed by atoms with Crippen molar-refractivity contribution in [2.24, 2.45) is 0 Å². The van der Waals surface area contributed by atoms with Gasteiger partial charge in [0.25, 0.3) is 0 Å². The van der Waals surface area contributed by atoms with Gasteiger partial charge >= 0.3 is 0 Å². The lowest BCUT2D eigenvalue weighted by atomic mass is 10.0. The van der Waals surface area contributed by atoms with E-state index in [1.54, 1.807) is 11.8 Å². The van der Waals surface area contributed by atoms with E-state index in [2.05, 4.69) is 5.10 Å².